The van der Waals surface area contributed by atoms with Crippen LogP contribution < -0.4 is 0 Å². The van der Waals surface area contributed by atoms with Gasteiger partial charge in [-0.05, 0) is 53.0 Å². The van der Waals surface area contributed by atoms with Gasteiger partial charge in [0.1, 0.15) is 5.41 Å². The molecule has 1 fully saturated rings. The van der Waals surface area contributed by atoms with Crippen LogP contribution in [0.4, 0.5) is 0 Å². The molecule has 2 unspecified atom stereocenters. The van der Waals surface area contributed by atoms with Crippen molar-refractivity contribution in [3.05, 3.63) is 0 Å². The molecular formula is C15H27NO3. The Morgan fingerprint density at radius 1 is 1.32 bits per heavy atom. The monoisotopic (exact) mass is 269 g/mol. The van der Waals surface area contributed by atoms with E-state index < -0.39 is 11.4 Å². The second kappa shape index (κ2) is 6.51. The zero-order valence-electron chi connectivity index (χ0n) is 12.9. The Balaban J connectivity index is 2.61. The molecule has 1 aliphatic rings. The summed E-state index contributed by atoms with van der Waals surface area (Å²) in [4.78, 5) is 26.3. The highest BCUT2D eigenvalue weighted by Crippen LogP contribution is 2.25. The maximum atomic E-state index is 12.3. The second-order valence-corrected chi connectivity index (χ2v) is 6.22. The standard InChI is InChI=1S/C15H27NO3/c1-6-19-14(18)15(4,5)13(17)10-16-8-7-11(2)9-12(16)3/h11-12H,6-10H2,1-5H3. The van der Waals surface area contributed by atoms with Crippen molar-refractivity contribution in [1.29, 1.82) is 0 Å². The van der Waals surface area contributed by atoms with E-state index in [9.17, 15) is 9.59 Å². The maximum absolute atomic E-state index is 12.3. The van der Waals surface area contributed by atoms with Crippen LogP contribution in [0.3, 0.4) is 0 Å². The highest BCUT2D eigenvalue weighted by molar-refractivity contribution is 6.03. The van der Waals surface area contributed by atoms with Crippen LogP contribution in [0.1, 0.15) is 47.5 Å². The van der Waals surface area contributed by atoms with Crippen molar-refractivity contribution in [2.24, 2.45) is 11.3 Å². The third-order valence-electron chi connectivity index (χ3n) is 4.11. The molecule has 1 rings (SSSR count). The van der Waals surface area contributed by atoms with Crippen LogP contribution in [0, 0.1) is 11.3 Å². The quantitative estimate of drug-likeness (QED) is 0.567. The summed E-state index contributed by atoms with van der Waals surface area (Å²) in [5.74, 6) is 0.254. The van der Waals surface area contributed by atoms with Gasteiger partial charge in [0.25, 0.3) is 0 Å². The molecule has 0 aromatic heterocycles. The van der Waals surface area contributed by atoms with E-state index in [0.29, 0.717) is 19.2 Å². The smallest absolute Gasteiger partial charge is 0.319 e. The Bertz CT molecular complexity index is 338. The van der Waals surface area contributed by atoms with Gasteiger partial charge in [0.2, 0.25) is 0 Å². The van der Waals surface area contributed by atoms with Gasteiger partial charge in [-0.1, -0.05) is 6.92 Å². The molecule has 0 bridgehead atoms. The number of ether oxygens (including phenoxy) is 1. The predicted octanol–water partition coefficient (Wildman–Crippen LogP) is 2.27. The Labute approximate surface area is 116 Å². The minimum Gasteiger partial charge on any atom is -0.465 e. The maximum Gasteiger partial charge on any atom is 0.319 e. The lowest BCUT2D eigenvalue weighted by Gasteiger charge is -2.37. The first-order valence-corrected chi connectivity index (χ1v) is 7.23. The van der Waals surface area contributed by atoms with Crippen LogP contribution >= 0.6 is 0 Å². The van der Waals surface area contributed by atoms with E-state index in [0.717, 1.165) is 25.3 Å². The molecule has 4 heteroatoms. The fourth-order valence-electron chi connectivity index (χ4n) is 2.50. The summed E-state index contributed by atoms with van der Waals surface area (Å²) >= 11 is 0. The van der Waals surface area contributed by atoms with Crippen molar-refractivity contribution in [3.8, 4) is 0 Å². The van der Waals surface area contributed by atoms with Crippen LogP contribution in [-0.4, -0.2) is 42.4 Å². The molecule has 19 heavy (non-hydrogen) atoms. The zero-order chi connectivity index (χ0) is 14.6. The van der Waals surface area contributed by atoms with Crippen molar-refractivity contribution in [1.82, 2.24) is 4.90 Å². The first kappa shape index (κ1) is 16.2. The number of hydrogen-bond donors (Lipinski definition) is 0. The van der Waals surface area contributed by atoms with E-state index in [1.807, 2.05) is 0 Å². The van der Waals surface area contributed by atoms with Gasteiger partial charge in [0.05, 0.1) is 13.2 Å². The molecule has 0 spiro atoms. The SMILES string of the molecule is CCOC(=O)C(C)(C)C(=O)CN1CCC(C)CC1C. The van der Waals surface area contributed by atoms with Crippen LogP contribution in [0.15, 0.2) is 0 Å². The number of carbonyl (C=O) groups excluding carboxylic acids is 2. The summed E-state index contributed by atoms with van der Waals surface area (Å²) in [5, 5.41) is 0. The van der Waals surface area contributed by atoms with Crippen molar-refractivity contribution < 1.29 is 14.3 Å². The summed E-state index contributed by atoms with van der Waals surface area (Å²) in [7, 11) is 0. The average Bonchev–Trinajstić information content (AvgIpc) is 2.32. The van der Waals surface area contributed by atoms with Crippen molar-refractivity contribution in [3.63, 3.8) is 0 Å². The number of esters is 1. The topological polar surface area (TPSA) is 46.6 Å². The number of rotatable bonds is 5. The van der Waals surface area contributed by atoms with E-state index in [-0.39, 0.29) is 5.78 Å². The summed E-state index contributed by atoms with van der Waals surface area (Å²) in [6, 6.07) is 0.408. The van der Waals surface area contributed by atoms with Gasteiger partial charge in [-0.2, -0.15) is 0 Å². The minimum atomic E-state index is -1.04. The number of carbonyl (C=O) groups is 2. The van der Waals surface area contributed by atoms with Gasteiger partial charge in [0.15, 0.2) is 5.78 Å². The second-order valence-electron chi connectivity index (χ2n) is 6.22. The molecule has 0 aromatic carbocycles. The molecule has 0 radical (unpaired) electrons. The van der Waals surface area contributed by atoms with Crippen LogP contribution in [-0.2, 0) is 14.3 Å². The molecule has 0 saturated carbocycles. The fraction of sp³-hybridized carbons (Fsp3) is 0.867. The predicted molar refractivity (Wildman–Crippen MR) is 74.9 cm³/mol. The van der Waals surface area contributed by atoms with Crippen LogP contribution in [0.5, 0.6) is 0 Å². The summed E-state index contributed by atoms with van der Waals surface area (Å²) < 4.78 is 4.98. The van der Waals surface area contributed by atoms with E-state index in [4.69, 9.17) is 4.74 Å². The Morgan fingerprint density at radius 2 is 1.95 bits per heavy atom. The van der Waals surface area contributed by atoms with Gasteiger partial charge < -0.3 is 4.74 Å². The zero-order valence-corrected chi connectivity index (χ0v) is 12.9. The van der Waals surface area contributed by atoms with Crippen molar-refractivity contribution >= 4 is 11.8 Å². The lowest BCUT2D eigenvalue weighted by Crippen LogP contribution is -2.47. The molecule has 0 aliphatic carbocycles. The largest absolute Gasteiger partial charge is 0.465 e. The van der Waals surface area contributed by atoms with Gasteiger partial charge in [0, 0.05) is 6.04 Å². The molecule has 0 N–H and O–H groups in total. The highest BCUT2D eigenvalue weighted by Gasteiger charge is 2.38. The van der Waals surface area contributed by atoms with Crippen LogP contribution in [0.2, 0.25) is 0 Å². The summed E-state index contributed by atoms with van der Waals surface area (Å²) in [6.07, 6.45) is 2.24. The van der Waals surface area contributed by atoms with Crippen molar-refractivity contribution in [2.75, 3.05) is 19.7 Å². The number of nitrogens with zero attached hydrogens (tertiary/aromatic N) is 1. The third-order valence-corrected chi connectivity index (χ3v) is 4.11. The number of Topliss-reactive ketones (excluding diaryl/α,β-unsaturated/α-hetero) is 1. The third kappa shape index (κ3) is 4.03. The number of ketones is 1. The number of likely N-dealkylation sites (tertiary alicyclic amines) is 1. The van der Waals surface area contributed by atoms with Crippen LogP contribution in [0.25, 0.3) is 0 Å². The van der Waals surface area contributed by atoms with Gasteiger partial charge >= 0.3 is 5.97 Å². The van der Waals surface area contributed by atoms with E-state index in [1.54, 1.807) is 20.8 Å². The molecular weight excluding hydrogens is 242 g/mol. The molecule has 110 valence electrons. The average molecular weight is 269 g/mol. The van der Waals surface area contributed by atoms with E-state index in [1.165, 1.54) is 0 Å². The molecule has 1 heterocycles. The number of hydrogen-bond acceptors (Lipinski definition) is 4. The minimum absolute atomic E-state index is 0.0487. The first-order chi connectivity index (χ1) is 8.78. The normalized spacial score (nSPS) is 25.1. The van der Waals surface area contributed by atoms with E-state index in [2.05, 4.69) is 18.7 Å². The lowest BCUT2D eigenvalue weighted by molar-refractivity contribution is -0.158. The molecule has 2 atom stereocenters. The fourth-order valence-corrected chi connectivity index (χ4v) is 2.50. The van der Waals surface area contributed by atoms with Gasteiger partial charge in [-0.3, -0.25) is 14.5 Å². The van der Waals surface area contributed by atoms with Gasteiger partial charge in [-0.25, -0.2) is 0 Å². The molecule has 1 aliphatic heterocycles. The van der Waals surface area contributed by atoms with Crippen molar-refractivity contribution in [2.45, 2.75) is 53.5 Å². The summed E-state index contributed by atoms with van der Waals surface area (Å²) in [5.41, 5.74) is -1.04. The number of piperidine rings is 1. The Morgan fingerprint density at radius 3 is 2.47 bits per heavy atom. The summed E-state index contributed by atoms with van der Waals surface area (Å²) in [6.45, 7) is 11.1. The Kier molecular flexibility index (Phi) is 5.53. The van der Waals surface area contributed by atoms with Gasteiger partial charge in [-0.15, -0.1) is 0 Å². The van der Waals surface area contributed by atoms with E-state index >= 15 is 0 Å². The molecule has 0 amide bonds. The first-order valence-electron chi connectivity index (χ1n) is 7.23. The molecule has 1 saturated heterocycles. The highest BCUT2D eigenvalue weighted by atomic mass is 16.5. The molecule has 4 nitrogen and oxygen atoms in total. The molecule has 0 aromatic rings. The Hall–Kier alpha value is -0.900. The lowest BCUT2D eigenvalue weighted by atomic mass is 9.86.